The predicted octanol–water partition coefficient (Wildman–Crippen LogP) is 1.74. The molecule has 1 aliphatic rings. The number of hydrogen-bond acceptors (Lipinski definition) is 3. The van der Waals surface area contributed by atoms with Gasteiger partial charge in [0, 0.05) is 12.6 Å². The fraction of sp³-hybridized carbons (Fsp3) is 0.909. The summed E-state index contributed by atoms with van der Waals surface area (Å²) in [6, 6.07) is 2.05. The van der Waals surface area contributed by atoms with Crippen molar-refractivity contribution in [1.29, 1.82) is 5.26 Å². The molecule has 1 aliphatic carbocycles. The van der Waals surface area contributed by atoms with Gasteiger partial charge in [-0.25, -0.2) is 8.42 Å². The highest BCUT2D eigenvalue weighted by Gasteiger charge is 2.40. The Morgan fingerprint density at radius 3 is 2.31 bits per heavy atom. The predicted molar refractivity (Wildman–Crippen MR) is 63.2 cm³/mol. The lowest BCUT2D eigenvalue weighted by atomic mass is 10.2. The van der Waals surface area contributed by atoms with Crippen LogP contribution in [0, 0.1) is 17.2 Å². The number of nitrogens with zero attached hydrogens (tertiary/aromatic N) is 2. The van der Waals surface area contributed by atoms with E-state index in [4.69, 9.17) is 5.26 Å². The van der Waals surface area contributed by atoms with Gasteiger partial charge in [-0.3, -0.25) is 0 Å². The summed E-state index contributed by atoms with van der Waals surface area (Å²) >= 11 is 0. The largest absolute Gasteiger partial charge is 0.230 e. The highest BCUT2D eigenvalue weighted by Crippen LogP contribution is 2.31. The third kappa shape index (κ3) is 2.96. The van der Waals surface area contributed by atoms with Crippen LogP contribution in [0.2, 0.25) is 0 Å². The van der Waals surface area contributed by atoms with Gasteiger partial charge in [-0.15, -0.1) is 0 Å². The molecule has 0 aliphatic heterocycles. The van der Waals surface area contributed by atoms with Crippen molar-refractivity contribution in [2.45, 2.75) is 51.3 Å². The van der Waals surface area contributed by atoms with Crippen molar-refractivity contribution in [1.82, 2.24) is 4.31 Å². The molecule has 1 atom stereocenters. The molecule has 0 aromatic rings. The molecule has 0 aromatic heterocycles. The second-order valence-electron chi connectivity index (χ2n) is 4.77. The molecule has 1 saturated carbocycles. The lowest BCUT2D eigenvalue weighted by Gasteiger charge is -2.25. The highest BCUT2D eigenvalue weighted by molar-refractivity contribution is 7.90. The Bertz CT molecular complexity index is 366. The summed E-state index contributed by atoms with van der Waals surface area (Å²) in [7, 11) is -3.42. The molecule has 0 spiro atoms. The molecule has 0 N–H and O–H groups in total. The zero-order valence-corrected chi connectivity index (χ0v) is 11.0. The van der Waals surface area contributed by atoms with Crippen LogP contribution in [0.3, 0.4) is 0 Å². The SMILES string of the molecule is CCC(C#N)S(=O)(=O)N(CC(C)C)C1CC1. The van der Waals surface area contributed by atoms with Gasteiger partial charge in [0.1, 0.15) is 0 Å². The minimum absolute atomic E-state index is 0.148. The molecule has 4 nitrogen and oxygen atoms in total. The first-order valence-corrected chi connectivity index (χ1v) is 7.34. The molecule has 0 amide bonds. The van der Waals surface area contributed by atoms with Crippen LogP contribution in [-0.4, -0.2) is 30.6 Å². The topological polar surface area (TPSA) is 61.2 Å². The van der Waals surface area contributed by atoms with Gasteiger partial charge < -0.3 is 0 Å². The van der Waals surface area contributed by atoms with E-state index in [9.17, 15) is 8.42 Å². The van der Waals surface area contributed by atoms with Gasteiger partial charge in [0.25, 0.3) is 0 Å². The Morgan fingerprint density at radius 1 is 1.44 bits per heavy atom. The minimum atomic E-state index is -3.42. The Hall–Kier alpha value is -0.600. The Balaban J connectivity index is 2.88. The van der Waals surface area contributed by atoms with Crippen LogP contribution in [0.1, 0.15) is 40.0 Å². The lowest BCUT2D eigenvalue weighted by molar-refractivity contribution is 0.357. The van der Waals surface area contributed by atoms with E-state index in [1.165, 1.54) is 0 Å². The number of sulfonamides is 1. The van der Waals surface area contributed by atoms with E-state index in [0.29, 0.717) is 18.9 Å². The lowest BCUT2D eigenvalue weighted by Crippen LogP contribution is -2.41. The third-order valence-electron chi connectivity index (χ3n) is 2.70. The van der Waals surface area contributed by atoms with Gasteiger partial charge in [0.05, 0.1) is 6.07 Å². The maximum Gasteiger partial charge on any atom is 0.230 e. The van der Waals surface area contributed by atoms with Gasteiger partial charge >= 0.3 is 0 Å². The standard InChI is InChI=1S/C11H20N2O2S/c1-4-11(7-12)16(14,15)13(8-9(2)3)10-5-6-10/h9-11H,4-6,8H2,1-3H3. The molecular weight excluding hydrogens is 224 g/mol. The van der Waals surface area contributed by atoms with Crippen molar-refractivity contribution in [3.63, 3.8) is 0 Å². The zero-order valence-electron chi connectivity index (χ0n) is 10.2. The molecular formula is C11H20N2O2S. The molecule has 1 fully saturated rings. The average Bonchev–Trinajstić information content (AvgIpc) is 2.98. The summed E-state index contributed by atoms with van der Waals surface area (Å²) < 4.78 is 26.0. The summed E-state index contributed by atoms with van der Waals surface area (Å²) in [5.41, 5.74) is 0. The van der Waals surface area contributed by atoms with Crippen LogP contribution in [0.15, 0.2) is 0 Å². The summed E-state index contributed by atoms with van der Waals surface area (Å²) in [5.74, 6) is 0.298. The van der Waals surface area contributed by atoms with E-state index < -0.39 is 15.3 Å². The summed E-state index contributed by atoms with van der Waals surface area (Å²) in [6.45, 7) is 6.27. The average molecular weight is 244 g/mol. The maximum atomic E-state index is 12.2. The van der Waals surface area contributed by atoms with Gasteiger partial charge in [0.15, 0.2) is 5.25 Å². The molecule has 0 radical (unpaired) electrons. The van der Waals surface area contributed by atoms with Crippen molar-refractivity contribution < 1.29 is 8.42 Å². The van der Waals surface area contributed by atoms with Gasteiger partial charge in [-0.05, 0) is 25.2 Å². The Labute approximate surface area is 98.3 Å². The third-order valence-corrected chi connectivity index (χ3v) is 4.96. The van der Waals surface area contributed by atoms with Gasteiger partial charge in [-0.2, -0.15) is 9.57 Å². The number of hydrogen-bond donors (Lipinski definition) is 0. The molecule has 0 heterocycles. The quantitative estimate of drug-likeness (QED) is 0.715. The zero-order chi connectivity index (χ0) is 12.3. The summed E-state index contributed by atoms with van der Waals surface area (Å²) in [6.07, 6.45) is 2.24. The van der Waals surface area contributed by atoms with E-state index >= 15 is 0 Å². The summed E-state index contributed by atoms with van der Waals surface area (Å²) in [5, 5.41) is 8.01. The molecule has 92 valence electrons. The van der Waals surface area contributed by atoms with E-state index in [0.717, 1.165) is 12.8 Å². The normalized spacial score (nSPS) is 18.8. The van der Waals surface area contributed by atoms with Crippen LogP contribution in [0.5, 0.6) is 0 Å². The highest BCUT2D eigenvalue weighted by atomic mass is 32.2. The van der Waals surface area contributed by atoms with Crippen LogP contribution >= 0.6 is 0 Å². The first-order chi connectivity index (χ1) is 7.43. The fourth-order valence-electron chi connectivity index (χ4n) is 1.72. The molecule has 1 unspecified atom stereocenters. The maximum absolute atomic E-state index is 12.2. The first kappa shape index (κ1) is 13.5. The Kier molecular flexibility index (Phi) is 4.34. The van der Waals surface area contributed by atoms with Crippen LogP contribution in [0.4, 0.5) is 0 Å². The van der Waals surface area contributed by atoms with E-state index in [2.05, 4.69) is 0 Å². The van der Waals surface area contributed by atoms with Crippen molar-refractivity contribution in [2.75, 3.05) is 6.54 Å². The molecule has 1 rings (SSSR count). The van der Waals surface area contributed by atoms with E-state index in [1.54, 1.807) is 11.2 Å². The van der Waals surface area contributed by atoms with Gasteiger partial charge in [0.2, 0.25) is 10.0 Å². The number of nitriles is 1. The second-order valence-corrected chi connectivity index (χ2v) is 6.83. The molecule has 0 bridgehead atoms. The van der Waals surface area contributed by atoms with Crippen LogP contribution < -0.4 is 0 Å². The number of rotatable bonds is 6. The van der Waals surface area contributed by atoms with Crippen molar-refractivity contribution in [3.8, 4) is 6.07 Å². The van der Waals surface area contributed by atoms with Crippen molar-refractivity contribution in [3.05, 3.63) is 0 Å². The monoisotopic (exact) mass is 244 g/mol. The van der Waals surface area contributed by atoms with Crippen molar-refractivity contribution >= 4 is 10.0 Å². The molecule has 0 saturated heterocycles. The van der Waals surface area contributed by atoms with Crippen LogP contribution in [0.25, 0.3) is 0 Å². The smallest absolute Gasteiger partial charge is 0.211 e. The molecule has 0 aromatic carbocycles. The second kappa shape index (κ2) is 5.15. The van der Waals surface area contributed by atoms with E-state index in [1.807, 2.05) is 19.9 Å². The minimum Gasteiger partial charge on any atom is -0.211 e. The van der Waals surface area contributed by atoms with Crippen molar-refractivity contribution in [2.24, 2.45) is 5.92 Å². The first-order valence-electron chi connectivity index (χ1n) is 5.83. The molecule has 16 heavy (non-hydrogen) atoms. The fourth-order valence-corrected chi connectivity index (χ4v) is 3.73. The van der Waals surface area contributed by atoms with E-state index in [-0.39, 0.29) is 6.04 Å². The summed E-state index contributed by atoms with van der Waals surface area (Å²) in [4.78, 5) is 0. The molecule has 5 heteroatoms. The van der Waals surface area contributed by atoms with Gasteiger partial charge in [-0.1, -0.05) is 20.8 Å². The Morgan fingerprint density at radius 2 is 2.00 bits per heavy atom. The van der Waals surface area contributed by atoms with Crippen LogP contribution in [-0.2, 0) is 10.0 Å².